The van der Waals surface area contributed by atoms with Crippen molar-refractivity contribution < 1.29 is 14.4 Å². The molecule has 1 atom stereocenters. The lowest BCUT2D eigenvalue weighted by Gasteiger charge is -2.55. The number of ether oxygens (including phenoxy) is 1. The van der Waals surface area contributed by atoms with Crippen molar-refractivity contribution in [1.29, 1.82) is 0 Å². The van der Waals surface area contributed by atoms with Crippen LogP contribution in [0.2, 0.25) is 0 Å². The summed E-state index contributed by atoms with van der Waals surface area (Å²) in [7, 11) is 0. The molecule has 7 heteroatoms. The molecule has 7 nitrogen and oxygen atoms in total. The van der Waals surface area contributed by atoms with E-state index in [1.807, 2.05) is 18.3 Å². The van der Waals surface area contributed by atoms with Gasteiger partial charge in [-0.3, -0.25) is 24.4 Å². The molecule has 4 fully saturated rings. The second kappa shape index (κ2) is 7.13. The third-order valence-corrected chi connectivity index (χ3v) is 6.09. The zero-order valence-corrected chi connectivity index (χ0v) is 15.8. The first-order chi connectivity index (χ1) is 13.2. The Balaban J connectivity index is 1.21. The molecular weight excluding hydrogens is 344 g/mol. The summed E-state index contributed by atoms with van der Waals surface area (Å²) >= 11 is 0. The number of aromatic nitrogens is 1. The quantitative estimate of drug-likeness (QED) is 0.766. The highest BCUT2D eigenvalue weighted by Crippen LogP contribution is 2.36. The van der Waals surface area contributed by atoms with E-state index in [2.05, 4.69) is 20.9 Å². The predicted octanol–water partition coefficient (Wildman–Crippen LogP) is 0.911. The van der Waals surface area contributed by atoms with Gasteiger partial charge >= 0.3 is 0 Å². The molecule has 1 aromatic heterocycles. The number of pyridine rings is 1. The third kappa shape index (κ3) is 3.74. The fourth-order valence-electron chi connectivity index (χ4n) is 4.52. The fraction of sp³-hybridized carbons (Fsp3) is 0.700. The summed E-state index contributed by atoms with van der Waals surface area (Å²) in [5.41, 5.74) is 0.962. The van der Waals surface area contributed by atoms with Gasteiger partial charge < -0.3 is 4.74 Å². The third-order valence-electron chi connectivity index (χ3n) is 6.09. The van der Waals surface area contributed by atoms with Crippen LogP contribution in [-0.2, 0) is 20.9 Å². The van der Waals surface area contributed by atoms with Crippen molar-refractivity contribution in [3.8, 4) is 0 Å². The molecule has 1 aliphatic carbocycles. The van der Waals surface area contributed by atoms with Crippen LogP contribution in [0.3, 0.4) is 0 Å². The number of carbonyl (C=O) groups is 1. The number of rotatable bonds is 5. The number of likely N-dealkylation sites (tertiary alicyclic amines) is 1. The summed E-state index contributed by atoms with van der Waals surface area (Å²) in [5.74, 6) is 0.826. The van der Waals surface area contributed by atoms with Gasteiger partial charge in [0.15, 0.2) is 0 Å². The van der Waals surface area contributed by atoms with Crippen LogP contribution in [0, 0.1) is 5.92 Å². The second-order valence-corrected chi connectivity index (χ2v) is 8.48. The molecule has 1 unspecified atom stereocenters. The van der Waals surface area contributed by atoms with Crippen LogP contribution in [0.15, 0.2) is 24.4 Å². The summed E-state index contributed by atoms with van der Waals surface area (Å²) in [6.07, 6.45) is 5.35. The largest absolute Gasteiger partial charge is 0.369 e. The maximum atomic E-state index is 12.9. The molecule has 0 bridgehead atoms. The topological polar surface area (TPSA) is 58.1 Å². The average molecular weight is 372 g/mol. The molecule has 4 heterocycles. The first kappa shape index (κ1) is 17.6. The molecule has 27 heavy (non-hydrogen) atoms. The summed E-state index contributed by atoms with van der Waals surface area (Å²) in [4.78, 5) is 27.6. The Morgan fingerprint density at radius 2 is 2.15 bits per heavy atom. The van der Waals surface area contributed by atoms with Crippen LogP contribution in [0.25, 0.3) is 0 Å². The van der Waals surface area contributed by atoms with Crippen molar-refractivity contribution in [3.63, 3.8) is 0 Å². The minimum atomic E-state index is -0.195. The highest BCUT2D eigenvalue weighted by molar-refractivity contribution is 5.81. The minimum Gasteiger partial charge on any atom is -0.369 e. The summed E-state index contributed by atoms with van der Waals surface area (Å²) in [5, 5.41) is 1.56. The molecule has 1 spiro atoms. The van der Waals surface area contributed by atoms with Crippen LogP contribution in [0.1, 0.15) is 25.0 Å². The molecule has 5 rings (SSSR count). The maximum absolute atomic E-state index is 12.9. The first-order valence-corrected chi connectivity index (χ1v) is 10.2. The molecular formula is C20H28N4O3. The van der Waals surface area contributed by atoms with E-state index in [0.29, 0.717) is 19.8 Å². The van der Waals surface area contributed by atoms with E-state index >= 15 is 0 Å². The van der Waals surface area contributed by atoms with E-state index in [4.69, 9.17) is 9.57 Å². The molecule has 146 valence electrons. The molecule has 0 N–H and O–H groups in total. The van der Waals surface area contributed by atoms with E-state index in [1.54, 1.807) is 5.06 Å². The first-order valence-electron chi connectivity index (χ1n) is 10.2. The van der Waals surface area contributed by atoms with Crippen molar-refractivity contribution in [2.24, 2.45) is 5.92 Å². The molecule has 4 aliphatic rings. The van der Waals surface area contributed by atoms with Gasteiger partial charge in [0, 0.05) is 38.9 Å². The summed E-state index contributed by atoms with van der Waals surface area (Å²) in [6.45, 7) is 6.35. The van der Waals surface area contributed by atoms with Gasteiger partial charge in [0.1, 0.15) is 11.6 Å². The molecule has 3 saturated heterocycles. The number of carbonyl (C=O) groups excluding carboxylic acids is 1. The van der Waals surface area contributed by atoms with Gasteiger partial charge in [-0.15, -0.1) is 0 Å². The van der Waals surface area contributed by atoms with Gasteiger partial charge in [0.2, 0.25) is 0 Å². The molecule has 3 aliphatic heterocycles. The van der Waals surface area contributed by atoms with E-state index in [9.17, 15) is 4.79 Å². The molecule has 1 saturated carbocycles. The van der Waals surface area contributed by atoms with Gasteiger partial charge in [-0.2, -0.15) is 0 Å². The Bertz CT molecular complexity index is 669. The Kier molecular flexibility index (Phi) is 4.63. The van der Waals surface area contributed by atoms with Crippen LogP contribution >= 0.6 is 0 Å². The van der Waals surface area contributed by atoms with Gasteiger partial charge in [-0.05, 0) is 37.3 Å². The fourth-order valence-corrected chi connectivity index (χ4v) is 4.52. The lowest BCUT2D eigenvalue weighted by atomic mass is 9.90. The Morgan fingerprint density at radius 1 is 1.26 bits per heavy atom. The monoisotopic (exact) mass is 372 g/mol. The number of amides is 1. The molecule has 0 radical (unpaired) electrons. The van der Waals surface area contributed by atoms with Crippen molar-refractivity contribution >= 4 is 5.91 Å². The van der Waals surface area contributed by atoms with Crippen molar-refractivity contribution in [2.75, 3.05) is 45.9 Å². The lowest BCUT2D eigenvalue weighted by Crippen LogP contribution is -2.72. The molecule has 1 aromatic rings. The van der Waals surface area contributed by atoms with Crippen molar-refractivity contribution in [1.82, 2.24) is 19.8 Å². The summed E-state index contributed by atoms with van der Waals surface area (Å²) in [6, 6.07) is 5.85. The number of hydrogen-bond acceptors (Lipinski definition) is 6. The smallest absolute Gasteiger partial charge is 0.265 e. The SMILES string of the molecule is O=C(C1COC2(CN(Cc3ccccn3)C2)CN1CC1CC1)N1CCCO1. The van der Waals surface area contributed by atoms with Crippen molar-refractivity contribution in [3.05, 3.63) is 30.1 Å². The van der Waals surface area contributed by atoms with E-state index in [1.165, 1.54) is 12.8 Å². The van der Waals surface area contributed by atoms with Crippen LogP contribution in [-0.4, -0.2) is 83.3 Å². The number of hydrogen-bond donors (Lipinski definition) is 0. The van der Waals surface area contributed by atoms with Gasteiger partial charge in [0.25, 0.3) is 5.91 Å². The summed E-state index contributed by atoms with van der Waals surface area (Å²) < 4.78 is 6.29. The second-order valence-electron chi connectivity index (χ2n) is 8.48. The van der Waals surface area contributed by atoms with Crippen molar-refractivity contribution in [2.45, 2.75) is 37.5 Å². The standard InChI is InChI=1S/C20H28N4O3/c25-19(24-8-3-9-27-24)18-12-26-20(15-23(18)10-16-5-6-16)13-22(14-20)11-17-4-1-2-7-21-17/h1-2,4,7,16,18H,3,5-6,8-15H2. The lowest BCUT2D eigenvalue weighted by molar-refractivity contribution is -0.216. The van der Waals surface area contributed by atoms with Crippen LogP contribution < -0.4 is 0 Å². The maximum Gasteiger partial charge on any atom is 0.265 e. The highest BCUT2D eigenvalue weighted by atomic mass is 16.7. The molecule has 0 aromatic carbocycles. The van der Waals surface area contributed by atoms with Gasteiger partial charge in [0.05, 0.1) is 25.5 Å². The molecule has 1 amide bonds. The Morgan fingerprint density at radius 3 is 2.85 bits per heavy atom. The van der Waals surface area contributed by atoms with Crippen LogP contribution in [0.5, 0.6) is 0 Å². The Labute approximate surface area is 160 Å². The zero-order chi connectivity index (χ0) is 18.3. The minimum absolute atomic E-state index is 0.0765. The van der Waals surface area contributed by atoms with Gasteiger partial charge in [-0.1, -0.05) is 6.07 Å². The number of nitrogens with zero attached hydrogens (tertiary/aromatic N) is 4. The highest BCUT2D eigenvalue weighted by Gasteiger charge is 2.51. The predicted molar refractivity (Wildman–Crippen MR) is 98.6 cm³/mol. The van der Waals surface area contributed by atoms with E-state index in [0.717, 1.165) is 50.8 Å². The Hall–Kier alpha value is -1.54. The van der Waals surface area contributed by atoms with Gasteiger partial charge in [-0.25, -0.2) is 5.06 Å². The number of hydroxylamine groups is 2. The normalized spacial score (nSPS) is 28.4. The zero-order valence-electron chi connectivity index (χ0n) is 15.8. The van der Waals surface area contributed by atoms with Crippen LogP contribution in [0.4, 0.5) is 0 Å². The van der Waals surface area contributed by atoms with E-state index in [-0.39, 0.29) is 17.6 Å². The number of morpholine rings is 1. The van der Waals surface area contributed by atoms with E-state index < -0.39 is 0 Å². The average Bonchev–Trinajstić information content (AvgIpc) is 3.30.